The number of carbonyl (C=O) groups excluding carboxylic acids is 1. The number of benzene rings is 1. The minimum atomic E-state index is 0.0572. The maximum atomic E-state index is 11.1. The van der Waals surface area contributed by atoms with Crippen molar-refractivity contribution in [3.05, 3.63) is 29.8 Å². The van der Waals surface area contributed by atoms with E-state index in [0.29, 0.717) is 19.1 Å². The van der Waals surface area contributed by atoms with Gasteiger partial charge in [-0.2, -0.15) is 0 Å². The fourth-order valence-electron chi connectivity index (χ4n) is 2.16. The number of amides is 1. The summed E-state index contributed by atoms with van der Waals surface area (Å²) in [4.78, 5) is 11.1. The summed E-state index contributed by atoms with van der Waals surface area (Å²) in [7, 11) is 1.65. The monoisotopic (exact) mass is 292 g/mol. The molecular weight excluding hydrogens is 264 g/mol. The molecule has 0 radical (unpaired) electrons. The Morgan fingerprint density at radius 3 is 2.52 bits per heavy atom. The van der Waals surface area contributed by atoms with Crippen LogP contribution in [-0.4, -0.2) is 26.1 Å². The SMILES string of the molecule is CCCNC(CC)c1ccc(OCCCC(=O)NC)cc1. The molecule has 118 valence electrons. The predicted octanol–water partition coefficient (Wildman–Crippen LogP) is 3.04. The first-order valence-corrected chi connectivity index (χ1v) is 7.88. The average Bonchev–Trinajstić information content (AvgIpc) is 2.53. The topological polar surface area (TPSA) is 50.4 Å². The highest BCUT2D eigenvalue weighted by atomic mass is 16.5. The molecule has 0 heterocycles. The van der Waals surface area contributed by atoms with Gasteiger partial charge in [-0.1, -0.05) is 26.0 Å². The fourth-order valence-corrected chi connectivity index (χ4v) is 2.16. The van der Waals surface area contributed by atoms with E-state index in [4.69, 9.17) is 4.74 Å². The molecule has 0 saturated carbocycles. The van der Waals surface area contributed by atoms with Crippen LogP contribution in [0.1, 0.15) is 51.1 Å². The Balaban J connectivity index is 2.40. The van der Waals surface area contributed by atoms with Crippen molar-refractivity contribution in [3.63, 3.8) is 0 Å². The number of ether oxygens (including phenoxy) is 1. The standard InChI is InChI=1S/C17H28N2O2/c1-4-12-19-16(5-2)14-8-10-15(11-9-14)21-13-6-7-17(20)18-3/h8-11,16,19H,4-7,12-13H2,1-3H3,(H,18,20). The number of carbonyl (C=O) groups is 1. The quantitative estimate of drug-likeness (QED) is 0.652. The molecule has 0 aromatic heterocycles. The molecule has 0 fully saturated rings. The number of rotatable bonds is 10. The summed E-state index contributed by atoms with van der Waals surface area (Å²) >= 11 is 0. The second-order valence-electron chi connectivity index (χ2n) is 5.11. The second kappa shape index (κ2) is 10.2. The van der Waals surface area contributed by atoms with Gasteiger partial charge < -0.3 is 15.4 Å². The van der Waals surface area contributed by atoms with E-state index in [9.17, 15) is 4.79 Å². The number of hydrogen-bond acceptors (Lipinski definition) is 3. The summed E-state index contributed by atoms with van der Waals surface area (Å²) in [5.74, 6) is 0.919. The van der Waals surface area contributed by atoms with Crippen molar-refractivity contribution >= 4 is 5.91 Å². The van der Waals surface area contributed by atoms with Gasteiger partial charge in [0.2, 0.25) is 5.91 Å². The van der Waals surface area contributed by atoms with E-state index in [-0.39, 0.29) is 5.91 Å². The van der Waals surface area contributed by atoms with Crippen LogP contribution in [-0.2, 0) is 4.79 Å². The third-order valence-electron chi connectivity index (χ3n) is 3.43. The van der Waals surface area contributed by atoms with Crippen LogP contribution in [0.2, 0.25) is 0 Å². The molecule has 4 nitrogen and oxygen atoms in total. The van der Waals surface area contributed by atoms with Crippen molar-refractivity contribution in [3.8, 4) is 5.75 Å². The minimum absolute atomic E-state index is 0.0572. The van der Waals surface area contributed by atoms with E-state index in [1.54, 1.807) is 7.05 Å². The molecule has 1 atom stereocenters. The highest BCUT2D eigenvalue weighted by molar-refractivity contribution is 5.75. The van der Waals surface area contributed by atoms with Crippen LogP contribution in [0.15, 0.2) is 24.3 Å². The molecule has 0 aliphatic heterocycles. The predicted molar refractivity (Wildman–Crippen MR) is 86.6 cm³/mol. The second-order valence-corrected chi connectivity index (χ2v) is 5.11. The van der Waals surface area contributed by atoms with E-state index < -0.39 is 0 Å². The Kier molecular flexibility index (Phi) is 8.51. The Hall–Kier alpha value is -1.55. The smallest absolute Gasteiger partial charge is 0.219 e. The first kappa shape index (κ1) is 17.5. The van der Waals surface area contributed by atoms with Crippen LogP contribution in [0, 0.1) is 0 Å². The van der Waals surface area contributed by atoms with Gasteiger partial charge in [0, 0.05) is 19.5 Å². The summed E-state index contributed by atoms with van der Waals surface area (Å²) in [6, 6.07) is 8.65. The van der Waals surface area contributed by atoms with E-state index >= 15 is 0 Å². The summed E-state index contributed by atoms with van der Waals surface area (Å²) in [6.07, 6.45) is 3.46. The molecule has 1 amide bonds. The lowest BCUT2D eigenvalue weighted by atomic mass is 10.0. The van der Waals surface area contributed by atoms with Gasteiger partial charge in [-0.15, -0.1) is 0 Å². The number of nitrogens with one attached hydrogen (secondary N) is 2. The van der Waals surface area contributed by atoms with Crippen molar-refractivity contribution in [1.82, 2.24) is 10.6 Å². The van der Waals surface area contributed by atoms with Crippen LogP contribution in [0.25, 0.3) is 0 Å². The molecular formula is C17H28N2O2. The first-order valence-electron chi connectivity index (χ1n) is 7.88. The summed E-state index contributed by atoms with van der Waals surface area (Å²) in [6.45, 7) is 5.97. The highest BCUT2D eigenvalue weighted by Gasteiger charge is 2.07. The van der Waals surface area contributed by atoms with Crippen molar-refractivity contribution in [2.24, 2.45) is 0 Å². The highest BCUT2D eigenvalue weighted by Crippen LogP contribution is 2.20. The van der Waals surface area contributed by atoms with Gasteiger partial charge in [-0.3, -0.25) is 4.79 Å². The molecule has 1 aromatic carbocycles. The van der Waals surface area contributed by atoms with Crippen molar-refractivity contribution in [2.75, 3.05) is 20.2 Å². The van der Waals surface area contributed by atoms with Gasteiger partial charge >= 0.3 is 0 Å². The van der Waals surface area contributed by atoms with Crippen LogP contribution in [0.5, 0.6) is 5.75 Å². The van der Waals surface area contributed by atoms with Gasteiger partial charge in [0.1, 0.15) is 5.75 Å². The van der Waals surface area contributed by atoms with E-state index in [1.807, 2.05) is 12.1 Å². The third kappa shape index (κ3) is 6.63. The van der Waals surface area contributed by atoms with Crippen molar-refractivity contribution in [1.29, 1.82) is 0 Å². The molecule has 4 heteroatoms. The normalized spacial score (nSPS) is 12.0. The molecule has 1 unspecified atom stereocenters. The molecule has 0 aliphatic rings. The Morgan fingerprint density at radius 2 is 1.95 bits per heavy atom. The largest absolute Gasteiger partial charge is 0.494 e. The molecule has 0 aliphatic carbocycles. The Bertz CT molecular complexity index is 404. The van der Waals surface area contributed by atoms with Crippen molar-refractivity contribution < 1.29 is 9.53 Å². The summed E-state index contributed by atoms with van der Waals surface area (Å²) < 4.78 is 5.65. The lowest BCUT2D eigenvalue weighted by Crippen LogP contribution is -2.21. The van der Waals surface area contributed by atoms with Gasteiger partial charge in [0.25, 0.3) is 0 Å². The van der Waals surface area contributed by atoms with Gasteiger partial charge in [-0.25, -0.2) is 0 Å². The lowest BCUT2D eigenvalue weighted by Gasteiger charge is -2.17. The molecule has 1 rings (SSSR count). The maximum absolute atomic E-state index is 11.1. The molecule has 21 heavy (non-hydrogen) atoms. The van der Waals surface area contributed by atoms with E-state index in [1.165, 1.54) is 5.56 Å². The molecule has 0 bridgehead atoms. The van der Waals surface area contributed by atoms with Crippen LogP contribution in [0.4, 0.5) is 0 Å². The van der Waals surface area contributed by atoms with Gasteiger partial charge in [0.05, 0.1) is 6.61 Å². The zero-order chi connectivity index (χ0) is 15.5. The van der Waals surface area contributed by atoms with Crippen LogP contribution >= 0.6 is 0 Å². The van der Waals surface area contributed by atoms with Crippen molar-refractivity contribution in [2.45, 2.75) is 45.6 Å². The molecule has 0 spiro atoms. The van der Waals surface area contributed by atoms with Crippen LogP contribution in [0.3, 0.4) is 0 Å². The number of hydrogen-bond donors (Lipinski definition) is 2. The summed E-state index contributed by atoms with van der Waals surface area (Å²) in [5.41, 5.74) is 1.30. The maximum Gasteiger partial charge on any atom is 0.219 e. The summed E-state index contributed by atoms with van der Waals surface area (Å²) in [5, 5.41) is 6.15. The zero-order valence-corrected chi connectivity index (χ0v) is 13.4. The fraction of sp³-hybridized carbons (Fsp3) is 0.588. The average molecular weight is 292 g/mol. The molecule has 1 aromatic rings. The lowest BCUT2D eigenvalue weighted by molar-refractivity contribution is -0.120. The Morgan fingerprint density at radius 1 is 1.24 bits per heavy atom. The zero-order valence-electron chi connectivity index (χ0n) is 13.4. The minimum Gasteiger partial charge on any atom is -0.494 e. The third-order valence-corrected chi connectivity index (χ3v) is 3.43. The Labute approximate surface area is 128 Å². The van der Waals surface area contributed by atoms with Crippen LogP contribution < -0.4 is 15.4 Å². The van der Waals surface area contributed by atoms with E-state index in [2.05, 4.69) is 36.6 Å². The van der Waals surface area contributed by atoms with Gasteiger partial charge in [-0.05, 0) is 43.5 Å². The van der Waals surface area contributed by atoms with E-state index in [0.717, 1.165) is 31.6 Å². The first-order chi connectivity index (χ1) is 10.2. The molecule has 2 N–H and O–H groups in total. The van der Waals surface area contributed by atoms with Gasteiger partial charge in [0.15, 0.2) is 0 Å². The molecule has 0 saturated heterocycles.